The van der Waals surface area contributed by atoms with Gasteiger partial charge in [0.05, 0.1) is 5.56 Å². The summed E-state index contributed by atoms with van der Waals surface area (Å²) in [6.07, 6.45) is 1.70. The number of amides is 1. The number of halogens is 3. The number of hydrogen-bond acceptors (Lipinski definition) is 2. The number of hydrogen-bond donors (Lipinski definition) is 1. The molecule has 1 saturated heterocycles. The van der Waals surface area contributed by atoms with Crippen molar-refractivity contribution in [3.63, 3.8) is 0 Å². The van der Waals surface area contributed by atoms with Crippen molar-refractivity contribution in [3.05, 3.63) is 35.4 Å². The molecule has 1 N–H and O–H groups in total. The minimum absolute atomic E-state index is 0. The van der Waals surface area contributed by atoms with E-state index >= 15 is 0 Å². The highest BCUT2D eigenvalue weighted by Crippen LogP contribution is 2.16. The summed E-state index contributed by atoms with van der Waals surface area (Å²) in [5.74, 6) is -1.82. The van der Waals surface area contributed by atoms with Crippen molar-refractivity contribution >= 4 is 18.3 Å². The van der Waals surface area contributed by atoms with Crippen molar-refractivity contribution in [3.8, 4) is 0 Å². The second-order valence-corrected chi connectivity index (χ2v) is 4.48. The summed E-state index contributed by atoms with van der Waals surface area (Å²) in [6, 6.07) is 3.47. The lowest BCUT2D eigenvalue weighted by atomic mass is 10.0. The molecule has 0 spiro atoms. The first kappa shape index (κ1) is 15.9. The number of nitrogens with zero attached hydrogens (tertiary/aromatic N) is 1. The van der Waals surface area contributed by atoms with E-state index in [0.29, 0.717) is 19.1 Å². The summed E-state index contributed by atoms with van der Waals surface area (Å²) in [5.41, 5.74) is -0.0562. The number of carbonyl (C=O) groups excluding carboxylic acids is 1. The van der Waals surface area contributed by atoms with Crippen LogP contribution in [0.15, 0.2) is 18.2 Å². The fourth-order valence-corrected chi connectivity index (χ4v) is 2.20. The van der Waals surface area contributed by atoms with Crippen molar-refractivity contribution in [1.29, 1.82) is 0 Å². The number of piperidine rings is 1. The van der Waals surface area contributed by atoms with Gasteiger partial charge in [-0.1, -0.05) is 0 Å². The monoisotopic (exact) mass is 290 g/mol. The predicted octanol–water partition coefficient (Wildman–Crippen LogP) is 2.21. The average Bonchev–Trinajstić information content (AvgIpc) is 2.38. The second-order valence-electron chi connectivity index (χ2n) is 4.48. The van der Waals surface area contributed by atoms with Gasteiger partial charge in [-0.3, -0.25) is 4.79 Å². The molecule has 0 saturated carbocycles. The Kier molecular flexibility index (Phi) is 5.69. The Morgan fingerprint density at radius 2 is 1.95 bits per heavy atom. The van der Waals surface area contributed by atoms with Gasteiger partial charge in [0.25, 0.3) is 5.91 Å². The van der Waals surface area contributed by atoms with E-state index in [2.05, 4.69) is 5.32 Å². The quantitative estimate of drug-likeness (QED) is 0.906. The third-order valence-corrected chi connectivity index (χ3v) is 3.35. The van der Waals surface area contributed by atoms with Gasteiger partial charge in [0.1, 0.15) is 11.6 Å². The van der Waals surface area contributed by atoms with Gasteiger partial charge in [-0.15, -0.1) is 12.4 Å². The van der Waals surface area contributed by atoms with Crippen LogP contribution in [-0.2, 0) is 0 Å². The molecule has 1 fully saturated rings. The molecule has 2 rings (SSSR count). The SMILES string of the molecule is CNC1CCN(C(=O)c2ccc(F)cc2F)CC1.Cl. The van der Waals surface area contributed by atoms with Gasteiger partial charge >= 0.3 is 0 Å². The van der Waals surface area contributed by atoms with Crippen LogP contribution in [-0.4, -0.2) is 37.0 Å². The number of carbonyl (C=O) groups is 1. The topological polar surface area (TPSA) is 32.3 Å². The summed E-state index contributed by atoms with van der Waals surface area (Å²) in [4.78, 5) is 13.7. The summed E-state index contributed by atoms with van der Waals surface area (Å²) >= 11 is 0. The minimum Gasteiger partial charge on any atom is -0.338 e. The zero-order chi connectivity index (χ0) is 13.1. The minimum atomic E-state index is -0.796. The average molecular weight is 291 g/mol. The van der Waals surface area contributed by atoms with E-state index in [1.165, 1.54) is 6.07 Å². The molecule has 3 nitrogen and oxygen atoms in total. The smallest absolute Gasteiger partial charge is 0.256 e. The van der Waals surface area contributed by atoms with E-state index in [4.69, 9.17) is 0 Å². The van der Waals surface area contributed by atoms with Crippen molar-refractivity contribution in [2.24, 2.45) is 0 Å². The predicted molar refractivity (Wildman–Crippen MR) is 71.6 cm³/mol. The Balaban J connectivity index is 0.00000180. The lowest BCUT2D eigenvalue weighted by Gasteiger charge is -2.31. The third-order valence-electron chi connectivity index (χ3n) is 3.35. The fraction of sp³-hybridized carbons (Fsp3) is 0.462. The maximum absolute atomic E-state index is 13.5. The summed E-state index contributed by atoms with van der Waals surface area (Å²) in [5, 5.41) is 3.16. The second kappa shape index (κ2) is 6.82. The lowest BCUT2D eigenvalue weighted by Crippen LogP contribution is -2.44. The van der Waals surface area contributed by atoms with Gasteiger partial charge in [0.2, 0.25) is 0 Å². The van der Waals surface area contributed by atoms with E-state index in [0.717, 1.165) is 25.0 Å². The van der Waals surface area contributed by atoms with Gasteiger partial charge in [0.15, 0.2) is 0 Å². The molecular weight excluding hydrogens is 274 g/mol. The molecule has 0 radical (unpaired) electrons. The van der Waals surface area contributed by atoms with Gasteiger partial charge in [-0.25, -0.2) is 8.78 Å². The molecule has 0 unspecified atom stereocenters. The standard InChI is InChI=1S/C13H16F2N2O.ClH/c1-16-10-4-6-17(7-5-10)13(18)11-3-2-9(14)8-12(11)15;/h2-3,8,10,16H,4-7H2,1H3;1H. The first-order chi connectivity index (χ1) is 8.61. The van der Waals surface area contributed by atoms with Crippen molar-refractivity contribution in [1.82, 2.24) is 10.2 Å². The van der Waals surface area contributed by atoms with E-state index in [1.54, 1.807) is 4.90 Å². The molecule has 1 aliphatic rings. The molecular formula is C13H17ClF2N2O. The first-order valence-electron chi connectivity index (χ1n) is 6.03. The number of rotatable bonds is 2. The van der Waals surface area contributed by atoms with Crippen LogP contribution in [0.25, 0.3) is 0 Å². The molecule has 1 heterocycles. The van der Waals surface area contributed by atoms with Gasteiger partial charge in [0, 0.05) is 25.2 Å². The zero-order valence-electron chi connectivity index (χ0n) is 10.7. The van der Waals surface area contributed by atoms with Crippen LogP contribution < -0.4 is 5.32 Å². The van der Waals surface area contributed by atoms with Crippen molar-refractivity contribution < 1.29 is 13.6 Å². The van der Waals surface area contributed by atoms with Crippen LogP contribution in [0.2, 0.25) is 0 Å². The molecule has 19 heavy (non-hydrogen) atoms. The summed E-state index contributed by atoms with van der Waals surface area (Å²) in [7, 11) is 1.89. The van der Waals surface area contributed by atoms with Gasteiger partial charge in [-0.2, -0.15) is 0 Å². The molecule has 0 atom stereocenters. The van der Waals surface area contributed by atoms with Crippen molar-refractivity contribution in [2.75, 3.05) is 20.1 Å². The molecule has 1 aromatic rings. The lowest BCUT2D eigenvalue weighted by molar-refractivity contribution is 0.0702. The molecule has 1 aromatic carbocycles. The van der Waals surface area contributed by atoms with E-state index in [9.17, 15) is 13.6 Å². The van der Waals surface area contributed by atoms with Gasteiger partial charge < -0.3 is 10.2 Å². The number of nitrogens with one attached hydrogen (secondary N) is 1. The van der Waals surface area contributed by atoms with Crippen LogP contribution >= 0.6 is 12.4 Å². The first-order valence-corrected chi connectivity index (χ1v) is 6.03. The van der Waals surface area contributed by atoms with Crippen LogP contribution in [0.3, 0.4) is 0 Å². The number of likely N-dealkylation sites (tertiary alicyclic amines) is 1. The molecule has 1 aliphatic heterocycles. The van der Waals surface area contributed by atoms with E-state index < -0.39 is 11.6 Å². The maximum Gasteiger partial charge on any atom is 0.256 e. The Labute approximate surface area is 117 Å². The molecule has 0 aromatic heterocycles. The Morgan fingerprint density at radius 1 is 1.32 bits per heavy atom. The highest BCUT2D eigenvalue weighted by Gasteiger charge is 2.24. The highest BCUT2D eigenvalue weighted by molar-refractivity contribution is 5.94. The third kappa shape index (κ3) is 3.64. The normalized spacial score (nSPS) is 16.1. The molecule has 6 heteroatoms. The largest absolute Gasteiger partial charge is 0.338 e. The molecule has 0 aliphatic carbocycles. The van der Waals surface area contributed by atoms with Gasteiger partial charge in [-0.05, 0) is 32.0 Å². The zero-order valence-corrected chi connectivity index (χ0v) is 11.5. The molecule has 106 valence electrons. The van der Waals surface area contributed by atoms with Crippen LogP contribution in [0, 0.1) is 11.6 Å². The highest BCUT2D eigenvalue weighted by atomic mass is 35.5. The Morgan fingerprint density at radius 3 is 2.47 bits per heavy atom. The Hall–Kier alpha value is -1.20. The molecule has 0 bridgehead atoms. The van der Waals surface area contributed by atoms with Crippen LogP contribution in [0.1, 0.15) is 23.2 Å². The Bertz CT molecular complexity index is 448. The van der Waals surface area contributed by atoms with Crippen LogP contribution in [0.5, 0.6) is 0 Å². The van der Waals surface area contributed by atoms with Crippen LogP contribution in [0.4, 0.5) is 8.78 Å². The molecule has 1 amide bonds. The maximum atomic E-state index is 13.5. The van der Waals surface area contributed by atoms with E-state index in [1.807, 2.05) is 7.05 Å². The summed E-state index contributed by atoms with van der Waals surface area (Å²) in [6.45, 7) is 1.20. The number of benzene rings is 1. The van der Waals surface area contributed by atoms with E-state index in [-0.39, 0.29) is 23.9 Å². The summed E-state index contributed by atoms with van der Waals surface area (Å²) < 4.78 is 26.3. The fourth-order valence-electron chi connectivity index (χ4n) is 2.20. The van der Waals surface area contributed by atoms with Crippen molar-refractivity contribution in [2.45, 2.75) is 18.9 Å².